The second-order valence-corrected chi connectivity index (χ2v) is 6.42. The number of likely N-dealkylation sites (N-methyl/N-ethyl adjacent to an activating group) is 1. The van der Waals surface area contributed by atoms with Gasteiger partial charge in [0.05, 0.1) is 5.92 Å². The molecule has 2 atom stereocenters. The fraction of sp³-hybridized carbons (Fsp3) is 0.267. The number of rotatable bonds is 2. The zero-order chi connectivity index (χ0) is 16.8. The Balaban J connectivity index is 1.81. The van der Waals surface area contributed by atoms with Gasteiger partial charge in [0.25, 0.3) is 0 Å². The summed E-state index contributed by atoms with van der Waals surface area (Å²) < 4.78 is 10.7. The SMILES string of the molecule is [B]c1csc([C@H]2N=C(N)N(C)C(=O)[C@H]2c2ccc3c(c2)OCO3)n1. The first-order valence-electron chi connectivity index (χ1n) is 7.26. The largest absolute Gasteiger partial charge is 0.454 e. The van der Waals surface area contributed by atoms with E-state index in [9.17, 15) is 4.79 Å². The molecule has 0 saturated carbocycles. The molecule has 3 heterocycles. The van der Waals surface area contributed by atoms with Crippen LogP contribution in [0.4, 0.5) is 0 Å². The van der Waals surface area contributed by atoms with Gasteiger partial charge in [-0.1, -0.05) is 6.07 Å². The van der Waals surface area contributed by atoms with Crippen molar-refractivity contribution in [2.24, 2.45) is 10.7 Å². The van der Waals surface area contributed by atoms with E-state index in [2.05, 4.69) is 9.98 Å². The maximum atomic E-state index is 12.9. The van der Waals surface area contributed by atoms with Gasteiger partial charge in [-0.15, -0.1) is 11.3 Å². The summed E-state index contributed by atoms with van der Waals surface area (Å²) in [6.45, 7) is 0.175. The lowest BCUT2D eigenvalue weighted by atomic mass is 9.89. The third kappa shape index (κ3) is 2.32. The van der Waals surface area contributed by atoms with Crippen LogP contribution < -0.4 is 20.8 Å². The molecule has 4 rings (SSSR count). The number of benzene rings is 1. The molecule has 0 aliphatic carbocycles. The molecule has 0 bridgehead atoms. The quantitative estimate of drug-likeness (QED) is 0.793. The predicted octanol–water partition coefficient (Wildman–Crippen LogP) is 0.277. The Morgan fingerprint density at radius 3 is 2.92 bits per heavy atom. The number of carbonyl (C=O) groups excluding carboxylic acids is 1. The molecule has 0 spiro atoms. The van der Waals surface area contributed by atoms with E-state index in [1.54, 1.807) is 24.6 Å². The van der Waals surface area contributed by atoms with E-state index in [0.717, 1.165) is 5.56 Å². The lowest BCUT2D eigenvalue weighted by Crippen LogP contribution is -2.46. The van der Waals surface area contributed by atoms with Crippen LogP contribution in [0.3, 0.4) is 0 Å². The van der Waals surface area contributed by atoms with E-state index in [1.807, 2.05) is 6.07 Å². The molecule has 0 fully saturated rings. The minimum atomic E-state index is -0.553. The van der Waals surface area contributed by atoms with Crippen LogP contribution in [0.15, 0.2) is 28.6 Å². The van der Waals surface area contributed by atoms with E-state index in [4.69, 9.17) is 23.1 Å². The van der Waals surface area contributed by atoms with Crippen LogP contribution in [0.2, 0.25) is 0 Å². The third-order valence-corrected chi connectivity index (χ3v) is 5.01. The van der Waals surface area contributed by atoms with Crippen molar-refractivity contribution in [3.63, 3.8) is 0 Å². The molecule has 7 nitrogen and oxygen atoms in total. The van der Waals surface area contributed by atoms with E-state index in [-0.39, 0.29) is 18.7 Å². The monoisotopic (exact) mass is 340 g/mol. The molecule has 2 aliphatic rings. The lowest BCUT2D eigenvalue weighted by molar-refractivity contribution is -0.129. The third-order valence-electron chi connectivity index (χ3n) is 4.08. The molecule has 0 unspecified atom stereocenters. The number of fused-ring (bicyclic) bond motifs is 1. The molecule has 1 amide bonds. The summed E-state index contributed by atoms with van der Waals surface area (Å²) in [6.07, 6.45) is 0. The van der Waals surface area contributed by atoms with Gasteiger partial charge >= 0.3 is 0 Å². The number of ether oxygens (including phenoxy) is 2. The van der Waals surface area contributed by atoms with Crippen molar-refractivity contribution in [1.82, 2.24) is 9.88 Å². The average molecular weight is 340 g/mol. The van der Waals surface area contributed by atoms with E-state index in [1.165, 1.54) is 16.2 Å². The van der Waals surface area contributed by atoms with Crippen molar-refractivity contribution < 1.29 is 14.3 Å². The molecular formula is C15H13BN4O3S. The fourth-order valence-corrected chi connectivity index (χ4v) is 3.61. The number of thiazole rings is 1. The fourth-order valence-electron chi connectivity index (χ4n) is 2.83. The highest BCUT2D eigenvalue weighted by atomic mass is 32.1. The topological polar surface area (TPSA) is 90.0 Å². The maximum Gasteiger partial charge on any atom is 0.239 e. The van der Waals surface area contributed by atoms with E-state index < -0.39 is 12.0 Å². The Morgan fingerprint density at radius 1 is 1.38 bits per heavy atom. The van der Waals surface area contributed by atoms with Crippen LogP contribution in [0.1, 0.15) is 22.5 Å². The summed E-state index contributed by atoms with van der Waals surface area (Å²) in [5, 5.41) is 2.38. The summed E-state index contributed by atoms with van der Waals surface area (Å²) in [5.74, 6) is 0.731. The van der Waals surface area contributed by atoms with E-state index >= 15 is 0 Å². The number of hydrogen-bond acceptors (Lipinski definition) is 7. The van der Waals surface area contributed by atoms with Crippen LogP contribution in [0, 0.1) is 0 Å². The number of aromatic nitrogens is 1. The molecule has 0 saturated heterocycles. The lowest BCUT2D eigenvalue weighted by Gasteiger charge is -2.32. The summed E-state index contributed by atoms with van der Waals surface area (Å²) in [6, 6.07) is 4.92. The summed E-state index contributed by atoms with van der Waals surface area (Å²) in [4.78, 5) is 23.0. The Hall–Kier alpha value is -2.55. The van der Waals surface area contributed by atoms with Crippen molar-refractivity contribution in [2.75, 3.05) is 13.8 Å². The molecule has 2 N–H and O–H groups in total. The number of carbonyl (C=O) groups is 1. The van der Waals surface area contributed by atoms with Crippen molar-refractivity contribution in [2.45, 2.75) is 12.0 Å². The summed E-state index contributed by atoms with van der Waals surface area (Å²) >= 11 is 1.36. The Morgan fingerprint density at radius 2 is 2.17 bits per heavy atom. The van der Waals surface area contributed by atoms with Crippen LogP contribution in [0.25, 0.3) is 0 Å². The minimum absolute atomic E-state index is 0.153. The molecule has 1 aromatic heterocycles. The number of aliphatic imine (C=N–C) groups is 1. The van der Waals surface area contributed by atoms with Gasteiger partial charge in [-0.2, -0.15) is 0 Å². The van der Waals surface area contributed by atoms with Gasteiger partial charge < -0.3 is 15.2 Å². The number of nitrogens with two attached hydrogens (primary N) is 1. The zero-order valence-corrected chi connectivity index (χ0v) is 13.6. The molecule has 24 heavy (non-hydrogen) atoms. The number of guanidine groups is 1. The van der Waals surface area contributed by atoms with Crippen molar-refractivity contribution in [3.8, 4) is 11.5 Å². The smallest absolute Gasteiger partial charge is 0.239 e. The van der Waals surface area contributed by atoms with Gasteiger partial charge in [0.15, 0.2) is 17.5 Å². The van der Waals surface area contributed by atoms with Gasteiger partial charge in [0.1, 0.15) is 18.9 Å². The highest BCUT2D eigenvalue weighted by molar-refractivity contribution is 7.10. The molecule has 2 aliphatic heterocycles. The second kappa shape index (κ2) is 5.52. The van der Waals surface area contributed by atoms with Gasteiger partial charge in [0, 0.05) is 12.4 Å². The molecular weight excluding hydrogens is 327 g/mol. The second-order valence-electron chi connectivity index (χ2n) is 5.53. The van der Waals surface area contributed by atoms with Gasteiger partial charge in [-0.05, 0) is 23.3 Å². The van der Waals surface area contributed by atoms with Gasteiger partial charge in [-0.25, -0.2) is 4.99 Å². The minimum Gasteiger partial charge on any atom is -0.454 e. The Bertz CT molecular complexity index is 853. The highest BCUT2D eigenvalue weighted by Crippen LogP contribution is 2.42. The molecule has 120 valence electrons. The number of amides is 1. The van der Waals surface area contributed by atoms with Crippen molar-refractivity contribution in [1.29, 1.82) is 0 Å². The first kappa shape index (κ1) is 15.0. The molecule has 1 aromatic carbocycles. The van der Waals surface area contributed by atoms with E-state index in [0.29, 0.717) is 22.1 Å². The van der Waals surface area contributed by atoms with Gasteiger partial charge in [0.2, 0.25) is 12.7 Å². The van der Waals surface area contributed by atoms with Crippen LogP contribution in [-0.4, -0.2) is 43.4 Å². The molecule has 2 aromatic rings. The highest BCUT2D eigenvalue weighted by Gasteiger charge is 2.40. The molecule has 9 heteroatoms. The average Bonchev–Trinajstić information content (AvgIpc) is 3.20. The Kier molecular flexibility index (Phi) is 3.45. The van der Waals surface area contributed by atoms with Gasteiger partial charge in [-0.3, -0.25) is 14.7 Å². The normalized spacial score (nSPS) is 22.6. The van der Waals surface area contributed by atoms with Crippen LogP contribution >= 0.6 is 11.3 Å². The van der Waals surface area contributed by atoms with Crippen molar-refractivity contribution in [3.05, 3.63) is 34.2 Å². The predicted molar refractivity (Wildman–Crippen MR) is 89.9 cm³/mol. The summed E-state index contributed by atoms with van der Waals surface area (Å²) in [7, 11) is 7.33. The first-order valence-corrected chi connectivity index (χ1v) is 8.14. The maximum absolute atomic E-state index is 12.9. The first-order chi connectivity index (χ1) is 11.5. The standard InChI is InChI=1S/C15H13BN4O3S/c1-20-14(21)11(7-2-3-8-9(4-7)23-6-22-8)12(19-15(20)17)13-18-10(16)5-24-13/h2-5,11-12H,6H2,1H3,(H2,17,19)/t11-,12-/m0/s1. The zero-order valence-electron chi connectivity index (χ0n) is 12.8. The van der Waals surface area contributed by atoms with Crippen LogP contribution in [0.5, 0.6) is 11.5 Å². The molecule has 2 radical (unpaired) electrons. The Labute approximate surface area is 143 Å². The van der Waals surface area contributed by atoms with Crippen LogP contribution in [-0.2, 0) is 4.79 Å². The van der Waals surface area contributed by atoms with Crippen molar-refractivity contribution >= 4 is 36.6 Å². The number of hydrogen-bond donors (Lipinski definition) is 1. The summed E-state index contributed by atoms with van der Waals surface area (Å²) in [5.41, 5.74) is 7.06. The number of nitrogens with zero attached hydrogens (tertiary/aromatic N) is 3.